The SMILES string of the molecule is Clc1cccc(Cc2ccnc(N3CCCNCC3)n2)c1. The summed E-state index contributed by atoms with van der Waals surface area (Å²) in [4.78, 5) is 11.4. The van der Waals surface area contributed by atoms with E-state index in [0.717, 1.165) is 55.7 Å². The quantitative estimate of drug-likeness (QED) is 0.946. The Labute approximate surface area is 130 Å². The molecule has 3 rings (SSSR count). The van der Waals surface area contributed by atoms with Crippen LogP contribution >= 0.6 is 11.6 Å². The molecule has 5 heteroatoms. The first-order valence-electron chi connectivity index (χ1n) is 7.33. The highest BCUT2D eigenvalue weighted by Gasteiger charge is 2.12. The Morgan fingerprint density at radius 1 is 1.19 bits per heavy atom. The van der Waals surface area contributed by atoms with Gasteiger partial charge in [0.25, 0.3) is 0 Å². The van der Waals surface area contributed by atoms with Gasteiger partial charge >= 0.3 is 0 Å². The number of nitrogens with one attached hydrogen (secondary N) is 1. The van der Waals surface area contributed by atoms with Crippen molar-refractivity contribution in [3.8, 4) is 0 Å². The lowest BCUT2D eigenvalue weighted by molar-refractivity contribution is 0.724. The van der Waals surface area contributed by atoms with Crippen LogP contribution in [0.1, 0.15) is 17.7 Å². The third-order valence-corrected chi connectivity index (χ3v) is 3.83. The summed E-state index contributed by atoms with van der Waals surface area (Å²) in [6.07, 6.45) is 3.75. The first-order chi connectivity index (χ1) is 10.3. The minimum atomic E-state index is 0.764. The molecule has 0 aliphatic carbocycles. The van der Waals surface area contributed by atoms with Crippen molar-refractivity contribution in [3.63, 3.8) is 0 Å². The lowest BCUT2D eigenvalue weighted by Gasteiger charge is -2.20. The number of halogens is 1. The van der Waals surface area contributed by atoms with Gasteiger partial charge in [-0.05, 0) is 36.7 Å². The maximum absolute atomic E-state index is 6.03. The van der Waals surface area contributed by atoms with Crippen LogP contribution in [0.4, 0.5) is 5.95 Å². The average molecular weight is 303 g/mol. The van der Waals surface area contributed by atoms with E-state index in [0.29, 0.717) is 0 Å². The Bertz CT molecular complexity index is 594. The van der Waals surface area contributed by atoms with Crippen molar-refractivity contribution in [2.75, 3.05) is 31.1 Å². The highest BCUT2D eigenvalue weighted by atomic mass is 35.5. The van der Waals surface area contributed by atoms with E-state index < -0.39 is 0 Å². The van der Waals surface area contributed by atoms with Crippen LogP contribution in [0.2, 0.25) is 5.02 Å². The minimum Gasteiger partial charge on any atom is -0.339 e. The molecular formula is C16H19ClN4. The molecule has 0 unspecified atom stereocenters. The molecule has 0 saturated carbocycles. The summed E-state index contributed by atoms with van der Waals surface area (Å²) >= 11 is 6.03. The topological polar surface area (TPSA) is 41.1 Å². The molecule has 4 nitrogen and oxygen atoms in total. The van der Waals surface area contributed by atoms with Crippen LogP contribution in [0.15, 0.2) is 36.5 Å². The normalized spacial score (nSPS) is 15.8. The Kier molecular flexibility index (Phi) is 4.68. The largest absolute Gasteiger partial charge is 0.339 e. The van der Waals surface area contributed by atoms with Gasteiger partial charge in [-0.15, -0.1) is 0 Å². The van der Waals surface area contributed by atoms with Crippen molar-refractivity contribution in [3.05, 3.63) is 52.8 Å². The Hall–Kier alpha value is -1.65. The van der Waals surface area contributed by atoms with E-state index in [1.54, 1.807) is 0 Å². The maximum atomic E-state index is 6.03. The molecule has 0 atom stereocenters. The fourth-order valence-corrected chi connectivity index (χ4v) is 2.75. The molecule has 1 aliphatic heterocycles. The summed E-state index contributed by atoms with van der Waals surface area (Å²) < 4.78 is 0. The Morgan fingerprint density at radius 3 is 3.05 bits per heavy atom. The number of hydrogen-bond donors (Lipinski definition) is 1. The van der Waals surface area contributed by atoms with Crippen LogP contribution in [0.3, 0.4) is 0 Å². The molecule has 0 spiro atoms. The molecule has 1 aliphatic rings. The Balaban J connectivity index is 1.76. The predicted molar refractivity (Wildman–Crippen MR) is 86.0 cm³/mol. The van der Waals surface area contributed by atoms with E-state index in [1.165, 1.54) is 5.56 Å². The summed E-state index contributed by atoms with van der Waals surface area (Å²) in [5.74, 6) is 0.832. The number of rotatable bonds is 3. The lowest BCUT2D eigenvalue weighted by Crippen LogP contribution is -2.29. The van der Waals surface area contributed by atoms with Gasteiger partial charge in [0.05, 0.1) is 5.69 Å². The third kappa shape index (κ3) is 3.93. The summed E-state index contributed by atoms with van der Waals surface area (Å²) in [6, 6.07) is 9.89. The van der Waals surface area contributed by atoms with Gasteiger partial charge in [-0.1, -0.05) is 23.7 Å². The molecule has 1 aromatic carbocycles. The number of anilines is 1. The van der Waals surface area contributed by atoms with E-state index in [9.17, 15) is 0 Å². The van der Waals surface area contributed by atoms with Crippen LogP contribution in [0, 0.1) is 0 Å². The molecular weight excluding hydrogens is 284 g/mol. The summed E-state index contributed by atoms with van der Waals surface area (Å²) in [6.45, 7) is 4.02. The summed E-state index contributed by atoms with van der Waals surface area (Å²) in [7, 11) is 0. The van der Waals surface area contributed by atoms with Crippen LogP contribution in [-0.2, 0) is 6.42 Å². The summed E-state index contributed by atoms with van der Waals surface area (Å²) in [5.41, 5.74) is 2.20. The molecule has 1 N–H and O–H groups in total. The van der Waals surface area contributed by atoms with Crippen molar-refractivity contribution >= 4 is 17.5 Å². The smallest absolute Gasteiger partial charge is 0.225 e. The van der Waals surface area contributed by atoms with Gasteiger partial charge in [0.2, 0.25) is 5.95 Å². The molecule has 0 bridgehead atoms. The zero-order valence-corrected chi connectivity index (χ0v) is 12.7. The van der Waals surface area contributed by atoms with Gasteiger partial charge in [0.15, 0.2) is 0 Å². The van der Waals surface area contributed by atoms with Gasteiger partial charge < -0.3 is 10.2 Å². The fourth-order valence-electron chi connectivity index (χ4n) is 2.54. The first-order valence-corrected chi connectivity index (χ1v) is 7.71. The number of hydrogen-bond acceptors (Lipinski definition) is 4. The average Bonchev–Trinajstić information content (AvgIpc) is 2.77. The third-order valence-electron chi connectivity index (χ3n) is 3.60. The van der Waals surface area contributed by atoms with Crippen molar-refractivity contribution in [1.29, 1.82) is 0 Å². The van der Waals surface area contributed by atoms with Crippen molar-refractivity contribution in [1.82, 2.24) is 15.3 Å². The molecule has 0 amide bonds. The van der Waals surface area contributed by atoms with E-state index in [2.05, 4.69) is 21.3 Å². The highest BCUT2D eigenvalue weighted by molar-refractivity contribution is 6.30. The number of nitrogens with zero attached hydrogens (tertiary/aromatic N) is 3. The second kappa shape index (κ2) is 6.87. The Morgan fingerprint density at radius 2 is 2.14 bits per heavy atom. The molecule has 2 aromatic rings. The molecule has 1 fully saturated rings. The van der Waals surface area contributed by atoms with Crippen molar-refractivity contribution in [2.45, 2.75) is 12.8 Å². The van der Waals surface area contributed by atoms with Crippen LogP contribution < -0.4 is 10.2 Å². The zero-order valence-electron chi connectivity index (χ0n) is 11.9. The van der Waals surface area contributed by atoms with Gasteiger partial charge in [-0.25, -0.2) is 9.97 Å². The second-order valence-electron chi connectivity index (χ2n) is 5.25. The van der Waals surface area contributed by atoms with Crippen LogP contribution in [0.25, 0.3) is 0 Å². The van der Waals surface area contributed by atoms with Gasteiger partial charge in [-0.2, -0.15) is 0 Å². The van der Waals surface area contributed by atoms with Gasteiger partial charge in [0.1, 0.15) is 0 Å². The van der Waals surface area contributed by atoms with Crippen LogP contribution in [-0.4, -0.2) is 36.1 Å². The van der Waals surface area contributed by atoms with E-state index >= 15 is 0 Å². The standard InChI is InChI=1S/C16H19ClN4/c17-14-4-1-3-13(11-14)12-15-5-7-19-16(20-15)21-9-2-6-18-8-10-21/h1,3-5,7,11,18H,2,6,8-10,12H2. The molecule has 21 heavy (non-hydrogen) atoms. The van der Waals surface area contributed by atoms with Gasteiger partial charge in [-0.3, -0.25) is 0 Å². The maximum Gasteiger partial charge on any atom is 0.225 e. The second-order valence-corrected chi connectivity index (χ2v) is 5.68. The monoisotopic (exact) mass is 302 g/mol. The van der Waals surface area contributed by atoms with Crippen molar-refractivity contribution in [2.24, 2.45) is 0 Å². The number of benzene rings is 1. The van der Waals surface area contributed by atoms with E-state index in [4.69, 9.17) is 16.6 Å². The van der Waals surface area contributed by atoms with E-state index in [1.807, 2.05) is 30.5 Å². The molecule has 2 heterocycles. The van der Waals surface area contributed by atoms with E-state index in [-0.39, 0.29) is 0 Å². The zero-order chi connectivity index (χ0) is 14.5. The first kappa shape index (κ1) is 14.3. The highest BCUT2D eigenvalue weighted by Crippen LogP contribution is 2.15. The minimum absolute atomic E-state index is 0.764. The van der Waals surface area contributed by atoms with Crippen molar-refractivity contribution < 1.29 is 0 Å². The summed E-state index contributed by atoms with van der Waals surface area (Å²) in [5, 5.41) is 4.16. The predicted octanol–water partition coefficient (Wildman–Crippen LogP) is 2.52. The molecule has 110 valence electrons. The molecule has 1 saturated heterocycles. The van der Waals surface area contributed by atoms with Gasteiger partial charge in [0, 0.05) is 37.3 Å². The molecule has 0 radical (unpaired) electrons. The number of aromatic nitrogens is 2. The fraction of sp³-hybridized carbons (Fsp3) is 0.375. The lowest BCUT2D eigenvalue weighted by atomic mass is 10.1. The molecule has 1 aromatic heterocycles. The van der Waals surface area contributed by atoms with Crippen LogP contribution in [0.5, 0.6) is 0 Å².